The van der Waals surface area contributed by atoms with Crippen LogP contribution in [0.5, 0.6) is 0 Å². The first-order chi connectivity index (χ1) is 56.4. The number of oxazole rings is 1. The lowest BCUT2D eigenvalue weighted by Crippen LogP contribution is -2.40. The summed E-state index contributed by atoms with van der Waals surface area (Å²) in [7, 11) is 2.15. The smallest absolute Gasteiger partial charge is 0.180 e. The van der Waals surface area contributed by atoms with Gasteiger partial charge in [-0.1, -0.05) is 35.9 Å². The number of thiazole rings is 1. The minimum absolute atomic E-state index is 0.667. The molecule has 0 saturated carbocycles. The molecule has 5 N–H and O–H groups in total. The molecule has 0 atom stereocenters. The molecule has 0 aromatic carbocycles. The SMILES string of the molecule is C1=CCN=C1.C1=NC=NC1.C1=NN=NC1.C1CCNCC1.C1CCOCC1.C1COC1.CN1CCNCC1.c1c[nH]cn1.c1c[nH]cn1.c1cc[nH]c1.c1ccncc1.c1ccnnc1.c1ccoc1.c1ccsc1.c1cnccn1.c1cncnc1.c1cnoc1.c1cnsc1.c1cocn1.c1cscn1.c1ncncn1. The van der Waals surface area contributed by atoms with Gasteiger partial charge in [0.2, 0.25) is 0 Å². The minimum Gasteiger partial charge on any atom is -0.473 e. The van der Waals surface area contributed by atoms with Crippen molar-refractivity contribution in [3.63, 3.8) is 0 Å². The van der Waals surface area contributed by atoms with Gasteiger partial charge in [0.15, 0.2) is 6.39 Å². The van der Waals surface area contributed by atoms with Crippen molar-refractivity contribution in [2.45, 2.75) is 44.9 Å². The Balaban J connectivity index is 0.000000594. The Hall–Kier alpha value is -12.4. The zero-order chi connectivity index (χ0) is 80.1. The number of furan rings is 1. The Bertz CT molecular complexity index is 2840. The maximum atomic E-state index is 5.07. The summed E-state index contributed by atoms with van der Waals surface area (Å²) in [6.45, 7) is 13.6. The van der Waals surface area contributed by atoms with Crippen LogP contribution in [0.25, 0.3) is 0 Å². The predicted molar refractivity (Wildman–Crippen MR) is 448 cm³/mol. The highest BCUT2D eigenvalue weighted by molar-refractivity contribution is 7.07. The topological polar surface area (TPSA) is 413 Å². The number of rotatable bonds is 0. The fourth-order valence-electron chi connectivity index (χ4n) is 6.27. The quantitative estimate of drug-likeness (QED) is 0.0941. The van der Waals surface area contributed by atoms with E-state index in [1.807, 2.05) is 119 Å². The summed E-state index contributed by atoms with van der Waals surface area (Å²) in [6.07, 6.45) is 71.0. The van der Waals surface area contributed by atoms with Gasteiger partial charge in [-0.05, 0) is 159 Å². The molecule has 7 aliphatic heterocycles. The molecule has 14 aromatic heterocycles. The number of nitrogens with zero attached hydrogens (tertiary/aromatic N) is 23. The summed E-state index contributed by atoms with van der Waals surface area (Å²) >= 11 is 4.78. The number of thiophene rings is 1. The molecule has 600 valence electrons. The largest absolute Gasteiger partial charge is 0.473 e. The maximum Gasteiger partial charge on any atom is 0.180 e. The van der Waals surface area contributed by atoms with Crippen LogP contribution in [0.3, 0.4) is 0 Å². The number of H-pyrrole nitrogens is 3. The van der Waals surface area contributed by atoms with Crippen LogP contribution in [-0.4, -0.2) is 217 Å². The summed E-state index contributed by atoms with van der Waals surface area (Å²) in [5.74, 6) is 0. The van der Waals surface area contributed by atoms with E-state index in [1.165, 1.54) is 127 Å². The molecule has 113 heavy (non-hydrogen) atoms. The number of ether oxygens (including phenoxy) is 2. The van der Waals surface area contributed by atoms with Crippen molar-refractivity contribution < 1.29 is 22.8 Å². The molecule has 4 saturated heterocycles. The molecule has 21 heterocycles. The second-order valence-electron chi connectivity index (χ2n) is 20.2. The molecule has 0 unspecified atom stereocenters. The molecule has 0 amide bonds. The predicted octanol–water partition coefficient (Wildman–Crippen LogP) is 13.9. The van der Waals surface area contributed by atoms with Crippen LogP contribution in [0.4, 0.5) is 0 Å². The van der Waals surface area contributed by atoms with E-state index >= 15 is 0 Å². The molecule has 33 nitrogen and oxygen atoms in total. The summed E-state index contributed by atoms with van der Waals surface area (Å²) in [6, 6.07) is 26.4. The number of likely N-dealkylation sites (N-methyl/N-ethyl adjacent to an activating group) is 1. The van der Waals surface area contributed by atoms with E-state index in [4.69, 9.17) is 9.47 Å². The van der Waals surface area contributed by atoms with Crippen LogP contribution in [0.1, 0.15) is 44.9 Å². The van der Waals surface area contributed by atoms with Crippen molar-refractivity contribution in [1.82, 2.24) is 110 Å². The third-order valence-corrected chi connectivity index (χ3v) is 13.2. The van der Waals surface area contributed by atoms with Crippen LogP contribution in [0.15, 0.2) is 361 Å². The van der Waals surface area contributed by atoms with Crippen LogP contribution < -0.4 is 10.6 Å². The van der Waals surface area contributed by atoms with Crippen LogP contribution in [0, 0.1) is 0 Å². The number of aromatic nitrogens is 19. The molecular formula is C77H104N28O5S3. The van der Waals surface area contributed by atoms with E-state index in [-0.39, 0.29) is 0 Å². The van der Waals surface area contributed by atoms with Gasteiger partial charge < -0.3 is 53.3 Å². The third-order valence-electron chi connectivity index (χ3n) is 11.5. The Labute approximate surface area is 673 Å². The number of piperazine rings is 1. The Morgan fingerprint density at radius 2 is 1.03 bits per heavy atom. The van der Waals surface area contributed by atoms with Gasteiger partial charge in [-0.15, -0.1) is 16.4 Å². The first-order valence-corrected chi connectivity index (χ1v) is 38.1. The van der Waals surface area contributed by atoms with Gasteiger partial charge in [0.1, 0.15) is 44.2 Å². The Morgan fingerprint density at radius 3 is 1.20 bits per heavy atom. The second kappa shape index (κ2) is 93.8. The first-order valence-electron chi connectivity index (χ1n) is 35.4. The van der Waals surface area contributed by atoms with E-state index in [9.17, 15) is 0 Å². The van der Waals surface area contributed by atoms with Gasteiger partial charge in [0.05, 0.1) is 68.9 Å². The standard InChI is InChI=1S/C5H12N2.C5H11N.C5H5N.C5H10O.3C4H4N2.2C4H5N.C4H4O.C4H4S.C3H3N3.3C3H4N2.2C3H3NO.2C3H3NS.C3H6O.C2H3N3/c1-7-4-2-6-3-5-7;3*1-2-4-6-5-3-1;1-2-6-4-3-5-1;1-2-5-4-6-3-1;1-2-4-6-5-3-1;4*1-2-4-5-3-1;1-4-2-6-3-5-1;4*1-2-5-3-4-1;1-2-4-5-3-1;1-2-5-3-4-1;1-2-4-5-3-1;1-2-4-3-1;1-2-4-5-3-1/h6H,2-5H2,1H3;6H,1-5H2;1-5H;1-5H2;3*1-4H;1-3H,4H2;1-5H;2*1-4H;1-3H;1,3H,2H2;2*1-3H,(H,4,5);4*1-3H;1-3H2;1H,2H2. The van der Waals surface area contributed by atoms with E-state index in [0.29, 0.717) is 6.54 Å². The van der Waals surface area contributed by atoms with E-state index < -0.39 is 0 Å². The first kappa shape index (κ1) is 98.6. The average molecular weight is 1600 g/mol. The molecule has 0 aliphatic carbocycles. The van der Waals surface area contributed by atoms with Crippen molar-refractivity contribution in [2.24, 2.45) is 30.4 Å². The summed E-state index contributed by atoms with van der Waals surface area (Å²) in [5, 5.41) is 35.1. The highest BCUT2D eigenvalue weighted by Crippen LogP contribution is 2.02. The monoisotopic (exact) mass is 1600 g/mol. The number of piperidine rings is 1. The normalized spacial score (nSPS) is 12.6. The number of aromatic amines is 3. The van der Waals surface area contributed by atoms with Gasteiger partial charge in [0.25, 0.3) is 0 Å². The number of nitrogens with one attached hydrogen (secondary N) is 5. The number of hydrogen-bond donors (Lipinski definition) is 5. The number of imidazole rings is 2. The number of hydrogen-bond acceptors (Lipinski definition) is 33. The highest BCUT2D eigenvalue weighted by Gasteiger charge is 2.01. The van der Waals surface area contributed by atoms with E-state index in [1.54, 1.807) is 202 Å². The fraction of sp³-hybridized carbons (Fsp3) is 0.273. The van der Waals surface area contributed by atoms with Gasteiger partial charge in [-0.2, -0.15) is 26.6 Å². The zero-order valence-corrected chi connectivity index (χ0v) is 66.0. The lowest BCUT2D eigenvalue weighted by Gasteiger charge is -2.21. The summed E-state index contributed by atoms with van der Waals surface area (Å²) in [4.78, 5) is 65.8. The van der Waals surface area contributed by atoms with Gasteiger partial charge in [0, 0.05) is 187 Å². The van der Waals surface area contributed by atoms with Crippen molar-refractivity contribution in [2.75, 3.05) is 92.4 Å². The lowest BCUT2D eigenvalue weighted by molar-refractivity contribution is 0.0367. The molecule has 0 spiro atoms. The third kappa shape index (κ3) is 91.9. The van der Waals surface area contributed by atoms with Crippen molar-refractivity contribution >= 4 is 59.2 Å². The number of pyridine rings is 1. The zero-order valence-electron chi connectivity index (χ0n) is 63.5. The molecular weight excluding hydrogens is 1490 g/mol. The lowest BCUT2D eigenvalue weighted by atomic mass is 10.2. The van der Waals surface area contributed by atoms with Crippen molar-refractivity contribution in [3.05, 3.63) is 317 Å². The fourth-order valence-corrected chi connectivity index (χ4v) is 7.43. The van der Waals surface area contributed by atoms with Gasteiger partial charge >= 0.3 is 0 Å². The summed E-state index contributed by atoms with van der Waals surface area (Å²) in [5.41, 5.74) is 1.79. The van der Waals surface area contributed by atoms with Crippen LogP contribution in [0.2, 0.25) is 0 Å². The minimum atomic E-state index is 0.667. The maximum absolute atomic E-state index is 5.07. The van der Waals surface area contributed by atoms with Gasteiger partial charge in [-0.3, -0.25) is 29.9 Å². The Kier molecular flexibility index (Phi) is 81.8. The summed E-state index contributed by atoms with van der Waals surface area (Å²) < 4.78 is 26.9. The molecule has 0 radical (unpaired) electrons. The molecule has 7 aliphatic rings. The molecule has 0 bridgehead atoms. The molecule has 14 aromatic rings. The second-order valence-corrected chi connectivity index (χ2v) is 22.5. The number of aliphatic imine (C=N–C) groups is 3. The van der Waals surface area contributed by atoms with Gasteiger partial charge in [-0.25, -0.2) is 49.2 Å². The van der Waals surface area contributed by atoms with Crippen LogP contribution >= 0.6 is 34.2 Å². The number of allylic oxidation sites excluding steroid dienone is 1. The molecule has 36 heteroatoms. The van der Waals surface area contributed by atoms with E-state index in [2.05, 4.69) is 161 Å². The molecule has 21 rings (SSSR count). The highest BCUT2D eigenvalue weighted by atomic mass is 32.1. The van der Waals surface area contributed by atoms with E-state index in [0.717, 1.165) is 52.6 Å². The average Bonchev–Trinajstić information content (AvgIpc) is 2.29. The molecule has 4 fully saturated rings. The van der Waals surface area contributed by atoms with Crippen molar-refractivity contribution in [1.29, 1.82) is 0 Å². The Morgan fingerprint density at radius 1 is 0.398 bits per heavy atom. The van der Waals surface area contributed by atoms with Crippen molar-refractivity contribution in [3.8, 4) is 0 Å². The van der Waals surface area contributed by atoms with Crippen LogP contribution in [-0.2, 0) is 9.47 Å².